The van der Waals surface area contributed by atoms with Crippen LogP contribution in [0.5, 0.6) is 0 Å². The highest BCUT2D eigenvalue weighted by molar-refractivity contribution is 7.89. The van der Waals surface area contributed by atoms with Crippen LogP contribution in [0.1, 0.15) is 18.4 Å². The van der Waals surface area contributed by atoms with E-state index in [2.05, 4.69) is 11.6 Å². The minimum absolute atomic E-state index is 0.000744. The van der Waals surface area contributed by atoms with Gasteiger partial charge in [-0.2, -0.15) is 4.31 Å². The lowest BCUT2D eigenvalue weighted by molar-refractivity contribution is 0.281. The van der Waals surface area contributed by atoms with Crippen molar-refractivity contribution >= 4 is 10.0 Å². The van der Waals surface area contributed by atoms with Crippen molar-refractivity contribution in [2.75, 3.05) is 13.6 Å². The van der Waals surface area contributed by atoms with Crippen molar-refractivity contribution < 1.29 is 13.5 Å². The summed E-state index contributed by atoms with van der Waals surface area (Å²) < 4.78 is 25.5. The number of pyridine rings is 1. The molecule has 1 aromatic heterocycles. The van der Waals surface area contributed by atoms with Gasteiger partial charge in [0.05, 0.1) is 6.61 Å². The zero-order chi connectivity index (χ0) is 13.6. The van der Waals surface area contributed by atoms with Crippen molar-refractivity contribution in [1.29, 1.82) is 0 Å². The highest BCUT2D eigenvalue weighted by Crippen LogP contribution is 2.12. The number of hydrogen-bond acceptors (Lipinski definition) is 4. The molecule has 0 saturated carbocycles. The van der Waals surface area contributed by atoms with E-state index in [1.54, 1.807) is 12.1 Å². The molecule has 0 unspecified atom stereocenters. The predicted molar refractivity (Wildman–Crippen MR) is 69.4 cm³/mol. The van der Waals surface area contributed by atoms with Gasteiger partial charge in [0.1, 0.15) is 0 Å². The van der Waals surface area contributed by atoms with Crippen LogP contribution in [0.4, 0.5) is 0 Å². The Labute approximate surface area is 108 Å². The Morgan fingerprint density at radius 3 is 2.72 bits per heavy atom. The SMILES string of the molecule is C=CCCCN(C)S(=O)(=O)c1ccc(CO)cn1. The van der Waals surface area contributed by atoms with Gasteiger partial charge < -0.3 is 5.11 Å². The van der Waals surface area contributed by atoms with E-state index in [-0.39, 0.29) is 11.6 Å². The van der Waals surface area contributed by atoms with Crippen molar-refractivity contribution in [3.63, 3.8) is 0 Å². The monoisotopic (exact) mass is 270 g/mol. The summed E-state index contributed by atoms with van der Waals surface area (Å²) in [6.45, 7) is 3.87. The van der Waals surface area contributed by atoms with E-state index >= 15 is 0 Å². The van der Waals surface area contributed by atoms with Crippen LogP contribution in [-0.4, -0.2) is 36.4 Å². The summed E-state index contributed by atoms with van der Waals surface area (Å²) in [7, 11) is -2.01. The lowest BCUT2D eigenvalue weighted by Gasteiger charge is -2.16. The summed E-state index contributed by atoms with van der Waals surface area (Å²) in [6, 6.07) is 2.96. The third kappa shape index (κ3) is 3.63. The highest BCUT2D eigenvalue weighted by atomic mass is 32.2. The maximum Gasteiger partial charge on any atom is 0.260 e. The van der Waals surface area contributed by atoms with E-state index in [1.165, 1.54) is 23.6 Å². The van der Waals surface area contributed by atoms with Gasteiger partial charge in [-0.3, -0.25) is 0 Å². The Kier molecular flexibility index (Phi) is 5.46. The predicted octanol–water partition coefficient (Wildman–Crippen LogP) is 1.16. The molecule has 0 aliphatic carbocycles. The third-order valence-corrected chi connectivity index (χ3v) is 4.31. The topological polar surface area (TPSA) is 70.5 Å². The first-order valence-corrected chi connectivity index (χ1v) is 7.09. The number of hydrogen-bond donors (Lipinski definition) is 1. The molecule has 0 bridgehead atoms. The normalized spacial score (nSPS) is 11.7. The van der Waals surface area contributed by atoms with Crippen LogP contribution in [0.15, 0.2) is 36.0 Å². The molecule has 0 amide bonds. The minimum Gasteiger partial charge on any atom is -0.392 e. The molecule has 1 aromatic rings. The second kappa shape index (κ2) is 6.63. The van der Waals surface area contributed by atoms with Gasteiger partial charge in [0.2, 0.25) is 0 Å². The van der Waals surface area contributed by atoms with Crippen LogP contribution in [0.25, 0.3) is 0 Å². The van der Waals surface area contributed by atoms with Crippen molar-refractivity contribution in [2.45, 2.75) is 24.5 Å². The summed E-state index contributed by atoms with van der Waals surface area (Å²) >= 11 is 0. The van der Waals surface area contributed by atoms with Crippen molar-refractivity contribution in [3.8, 4) is 0 Å². The second-order valence-electron chi connectivity index (χ2n) is 3.92. The van der Waals surface area contributed by atoms with Crippen LogP contribution in [0.2, 0.25) is 0 Å². The lowest BCUT2D eigenvalue weighted by atomic mass is 10.3. The Morgan fingerprint density at radius 1 is 1.50 bits per heavy atom. The van der Waals surface area contributed by atoms with Gasteiger partial charge in [-0.1, -0.05) is 12.1 Å². The Morgan fingerprint density at radius 2 is 2.22 bits per heavy atom. The average Bonchev–Trinajstić information content (AvgIpc) is 2.39. The van der Waals surface area contributed by atoms with Gasteiger partial charge in [0.25, 0.3) is 10.0 Å². The number of aromatic nitrogens is 1. The van der Waals surface area contributed by atoms with Gasteiger partial charge >= 0.3 is 0 Å². The molecule has 0 aromatic carbocycles. The molecule has 0 fully saturated rings. The lowest BCUT2D eigenvalue weighted by Crippen LogP contribution is -2.28. The first-order valence-electron chi connectivity index (χ1n) is 5.65. The van der Waals surface area contributed by atoms with Crippen LogP contribution in [0, 0.1) is 0 Å². The first-order chi connectivity index (χ1) is 8.52. The molecule has 1 N–H and O–H groups in total. The smallest absolute Gasteiger partial charge is 0.260 e. The van der Waals surface area contributed by atoms with Crippen LogP contribution < -0.4 is 0 Å². The van der Waals surface area contributed by atoms with E-state index in [9.17, 15) is 8.42 Å². The van der Waals surface area contributed by atoms with E-state index in [0.29, 0.717) is 12.1 Å². The molecule has 0 aliphatic heterocycles. The van der Waals surface area contributed by atoms with Crippen LogP contribution in [-0.2, 0) is 16.6 Å². The van der Waals surface area contributed by atoms with Gasteiger partial charge in [-0.15, -0.1) is 6.58 Å². The molecular weight excluding hydrogens is 252 g/mol. The van der Waals surface area contributed by atoms with Crippen molar-refractivity contribution in [2.24, 2.45) is 0 Å². The molecule has 1 heterocycles. The zero-order valence-electron chi connectivity index (χ0n) is 10.4. The molecule has 1 rings (SSSR count). The number of aliphatic hydroxyl groups is 1. The quantitative estimate of drug-likeness (QED) is 0.596. The molecule has 18 heavy (non-hydrogen) atoms. The van der Waals surface area contributed by atoms with Gasteiger partial charge in [0.15, 0.2) is 5.03 Å². The second-order valence-corrected chi connectivity index (χ2v) is 5.91. The minimum atomic E-state index is -3.54. The van der Waals surface area contributed by atoms with E-state index in [4.69, 9.17) is 5.11 Å². The summed E-state index contributed by atoms with van der Waals surface area (Å²) in [6.07, 6.45) is 4.63. The largest absolute Gasteiger partial charge is 0.392 e. The van der Waals surface area contributed by atoms with E-state index in [1.807, 2.05) is 0 Å². The number of rotatable bonds is 7. The van der Waals surface area contributed by atoms with E-state index in [0.717, 1.165) is 12.8 Å². The third-order valence-electron chi connectivity index (χ3n) is 2.54. The Balaban J connectivity index is 2.80. The Bertz CT molecular complexity index is 483. The standard InChI is InChI=1S/C12H18N2O3S/c1-3-4-5-8-14(2)18(16,17)12-7-6-11(10-15)9-13-12/h3,6-7,9,15H,1,4-5,8,10H2,2H3. The fourth-order valence-electron chi connectivity index (χ4n) is 1.40. The molecule has 100 valence electrons. The first kappa shape index (κ1) is 14.8. The molecule has 6 heteroatoms. The molecule has 0 spiro atoms. The molecular formula is C12H18N2O3S. The van der Waals surface area contributed by atoms with E-state index < -0.39 is 10.0 Å². The molecule has 0 radical (unpaired) electrons. The highest BCUT2D eigenvalue weighted by Gasteiger charge is 2.21. The molecule has 5 nitrogen and oxygen atoms in total. The number of aliphatic hydroxyl groups excluding tert-OH is 1. The van der Waals surface area contributed by atoms with Crippen molar-refractivity contribution in [1.82, 2.24) is 9.29 Å². The number of sulfonamides is 1. The summed E-state index contributed by atoms with van der Waals surface area (Å²) in [5, 5.41) is 8.88. The van der Waals surface area contributed by atoms with Crippen molar-refractivity contribution in [3.05, 3.63) is 36.5 Å². The van der Waals surface area contributed by atoms with Gasteiger partial charge in [-0.05, 0) is 24.5 Å². The van der Waals surface area contributed by atoms with Gasteiger partial charge in [0, 0.05) is 19.8 Å². The Hall–Kier alpha value is -1.24. The zero-order valence-corrected chi connectivity index (χ0v) is 11.2. The number of allylic oxidation sites excluding steroid dienone is 1. The maximum absolute atomic E-state index is 12.1. The molecule has 0 saturated heterocycles. The number of nitrogens with zero attached hydrogens (tertiary/aromatic N) is 2. The summed E-state index contributed by atoms with van der Waals surface area (Å²) in [4.78, 5) is 3.86. The molecule has 0 aliphatic rings. The maximum atomic E-state index is 12.1. The fourth-order valence-corrected chi connectivity index (χ4v) is 2.51. The summed E-state index contributed by atoms with van der Waals surface area (Å²) in [5.74, 6) is 0. The van der Waals surface area contributed by atoms with Crippen LogP contribution in [0.3, 0.4) is 0 Å². The van der Waals surface area contributed by atoms with Crippen LogP contribution >= 0.6 is 0 Å². The number of unbranched alkanes of at least 4 members (excludes halogenated alkanes) is 1. The fraction of sp³-hybridized carbons (Fsp3) is 0.417. The summed E-state index contributed by atoms with van der Waals surface area (Å²) in [5.41, 5.74) is 0.586. The molecule has 0 atom stereocenters. The van der Waals surface area contributed by atoms with Gasteiger partial charge in [-0.25, -0.2) is 13.4 Å². The average molecular weight is 270 g/mol.